The zero-order chi connectivity index (χ0) is 12.9. The van der Waals surface area contributed by atoms with E-state index in [1.807, 2.05) is 20.8 Å². The number of aliphatic hydroxyl groups excluding tert-OH is 1. The van der Waals surface area contributed by atoms with Crippen LogP contribution in [0.1, 0.15) is 20.8 Å². The van der Waals surface area contributed by atoms with Gasteiger partial charge in [0.1, 0.15) is 0 Å². The number of nitrogens with zero attached hydrogens (tertiary/aromatic N) is 1. The summed E-state index contributed by atoms with van der Waals surface area (Å²) in [7, 11) is 1.58. The van der Waals surface area contributed by atoms with E-state index >= 15 is 0 Å². The number of nitrogens with one attached hydrogen (secondary N) is 1. The molecule has 0 fully saturated rings. The van der Waals surface area contributed by atoms with Crippen LogP contribution in [0.25, 0.3) is 0 Å². The molecule has 3 N–H and O–H groups in total. The first-order valence-electron chi connectivity index (χ1n) is 5.02. The summed E-state index contributed by atoms with van der Waals surface area (Å²) in [5, 5.41) is 19.6. The fourth-order valence-corrected chi connectivity index (χ4v) is 1.23. The predicted octanol–water partition coefficient (Wildman–Crippen LogP) is 0.119. The summed E-state index contributed by atoms with van der Waals surface area (Å²) in [4.78, 5) is 23.5. The Kier molecular flexibility index (Phi) is 5.23. The molecule has 0 spiro atoms. The van der Waals surface area contributed by atoms with Gasteiger partial charge < -0.3 is 20.4 Å². The van der Waals surface area contributed by atoms with Gasteiger partial charge in [0.2, 0.25) is 0 Å². The predicted molar refractivity (Wildman–Crippen MR) is 59.1 cm³/mol. The molecule has 0 radical (unpaired) electrons. The van der Waals surface area contributed by atoms with Gasteiger partial charge in [0.05, 0.1) is 6.61 Å². The van der Waals surface area contributed by atoms with Crippen LogP contribution in [0, 0.1) is 5.41 Å². The zero-order valence-electron chi connectivity index (χ0n) is 10.1. The number of amides is 2. The number of hydrogen-bond donors (Lipinski definition) is 3. The molecule has 0 rings (SSSR count). The second-order valence-corrected chi connectivity index (χ2v) is 4.94. The summed E-state index contributed by atoms with van der Waals surface area (Å²) in [6.07, 6.45) is 0. The van der Waals surface area contributed by atoms with Crippen LogP contribution in [0.3, 0.4) is 0 Å². The van der Waals surface area contributed by atoms with Gasteiger partial charge >= 0.3 is 12.0 Å². The number of carboxylic acids is 1. The third-order valence-corrected chi connectivity index (χ3v) is 1.84. The minimum Gasteiger partial charge on any atom is -0.480 e. The van der Waals surface area contributed by atoms with Crippen LogP contribution in [0.4, 0.5) is 4.79 Å². The molecular formula is C10H20N2O4. The van der Waals surface area contributed by atoms with E-state index in [-0.39, 0.29) is 5.41 Å². The van der Waals surface area contributed by atoms with Crippen LogP contribution < -0.4 is 5.32 Å². The van der Waals surface area contributed by atoms with Crippen molar-refractivity contribution in [1.82, 2.24) is 10.2 Å². The summed E-state index contributed by atoms with van der Waals surface area (Å²) < 4.78 is 0. The Morgan fingerprint density at radius 3 is 2.19 bits per heavy atom. The largest absolute Gasteiger partial charge is 0.480 e. The molecule has 0 aromatic rings. The van der Waals surface area contributed by atoms with Crippen molar-refractivity contribution < 1.29 is 19.8 Å². The van der Waals surface area contributed by atoms with Crippen molar-refractivity contribution in [2.24, 2.45) is 5.41 Å². The summed E-state index contributed by atoms with van der Waals surface area (Å²) in [6, 6.07) is -1.76. The number of carbonyl (C=O) groups excluding carboxylic acids is 1. The van der Waals surface area contributed by atoms with E-state index in [9.17, 15) is 9.59 Å². The Labute approximate surface area is 95.2 Å². The summed E-state index contributed by atoms with van der Waals surface area (Å²) in [6.45, 7) is 5.79. The molecule has 6 heteroatoms. The quantitative estimate of drug-likeness (QED) is 0.642. The minimum absolute atomic E-state index is 0.0655. The lowest BCUT2D eigenvalue weighted by atomic mass is 9.96. The molecule has 0 aromatic heterocycles. The molecule has 1 atom stereocenters. The number of rotatable bonds is 4. The lowest BCUT2D eigenvalue weighted by Crippen LogP contribution is -2.49. The third kappa shape index (κ3) is 5.55. The van der Waals surface area contributed by atoms with E-state index < -0.39 is 24.6 Å². The van der Waals surface area contributed by atoms with Gasteiger partial charge in [0.25, 0.3) is 0 Å². The van der Waals surface area contributed by atoms with Gasteiger partial charge in [-0.1, -0.05) is 20.8 Å². The number of aliphatic hydroxyl groups is 1. The maximum absolute atomic E-state index is 11.5. The van der Waals surface area contributed by atoms with Crippen LogP contribution in [-0.2, 0) is 4.79 Å². The van der Waals surface area contributed by atoms with Crippen molar-refractivity contribution in [2.75, 3.05) is 20.2 Å². The number of hydrogen-bond acceptors (Lipinski definition) is 3. The van der Waals surface area contributed by atoms with Crippen LogP contribution in [0.15, 0.2) is 0 Å². The number of aliphatic carboxylic acids is 1. The van der Waals surface area contributed by atoms with E-state index in [4.69, 9.17) is 10.2 Å². The molecular weight excluding hydrogens is 212 g/mol. The van der Waals surface area contributed by atoms with Crippen molar-refractivity contribution in [3.8, 4) is 0 Å². The van der Waals surface area contributed by atoms with E-state index in [0.717, 1.165) is 0 Å². The fourth-order valence-electron chi connectivity index (χ4n) is 1.23. The third-order valence-electron chi connectivity index (χ3n) is 1.84. The SMILES string of the molecule is CN(CC(C)(C)C)C(=O)NC(CO)C(=O)O. The molecule has 6 nitrogen and oxygen atoms in total. The van der Waals surface area contributed by atoms with E-state index in [2.05, 4.69) is 5.32 Å². The molecule has 0 saturated carbocycles. The average Bonchev–Trinajstić information content (AvgIpc) is 2.10. The molecule has 0 bridgehead atoms. The molecule has 16 heavy (non-hydrogen) atoms. The van der Waals surface area contributed by atoms with Crippen LogP contribution in [0.5, 0.6) is 0 Å². The smallest absolute Gasteiger partial charge is 0.328 e. The van der Waals surface area contributed by atoms with Crippen molar-refractivity contribution in [1.29, 1.82) is 0 Å². The maximum Gasteiger partial charge on any atom is 0.328 e. The molecule has 0 aliphatic carbocycles. The summed E-state index contributed by atoms with van der Waals surface area (Å²) >= 11 is 0. The highest BCUT2D eigenvalue weighted by atomic mass is 16.4. The summed E-state index contributed by atoms with van der Waals surface area (Å²) in [5.74, 6) is -1.25. The topological polar surface area (TPSA) is 89.9 Å². The van der Waals surface area contributed by atoms with Crippen LogP contribution in [0.2, 0.25) is 0 Å². The Balaban J connectivity index is 4.29. The Bertz CT molecular complexity index is 260. The minimum atomic E-state index is -1.25. The van der Waals surface area contributed by atoms with Gasteiger partial charge in [-0.15, -0.1) is 0 Å². The van der Waals surface area contributed by atoms with Gasteiger partial charge in [-0.3, -0.25) is 0 Å². The standard InChI is InChI=1S/C10H20N2O4/c1-10(2,3)6-12(4)9(16)11-7(5-13)8(14)15/h7,13H,5-6H2,1-4H3,(H,11,16)(H,14,15). The van der Waals surface area contributed by atoms with Gasteiger partial charge in [-0.25, -0.2) is 9.59 Å². The monoisotopic (exact) mass is 232 g/mol. The van der Waals surface area contributed by atoms with Crippen molar-refractivity contribution in [3.05, 3.63) is 0 Å². The van der Waals surface area contributed by atoms with Gasteiger partial charge in [0.15, 0.2) is 6.04 Å². The molecule has 0 aliphatic rings. The van der Waals surface area contributed by atoms with E-state index in [0.29, 0.717) is 6.54 Å². The second-order valence-electron chi connectivity index (χ2n) is 4.94. The van der Waals surface area contributed by atoms with E-state index in [1.165, 1.54) is 4.90 Å². The first kappa shape index (κ1) is 14.7. The van der Waals surface area contributed by atoms with E-state index in [1.54, 1.807) is 7.05 Å². The number of urea groups is 1. The number of carbonyl (C=O) groups is 2. The molecule has 0 heterocycles. The first-order valence-corrected chi connectivity index (χ1v) is 5.02. The highest BCUT2D eigenvalue weighted by molar-refractivity contribution is 5.82. The molecule has 1 unspecified atom stereocenters. The number of carboxylic acid groups (broad SMARTS) is 1. The van der Waals surface area contributed by atoms with Gasteiger partial charge in [0, 0.05) is 13.6 Å². The normalized spacial score (nSPS) is 13.1. The lowest BCUT2D eigenvalue weighted by molar-refractivity contribution is -0.140. The first-order chi connectivity index (χ1) is 7.17. The van der Waals surface area contributed by atoms with Crippen molar-refractivity contribution in [3.63, 3.8) is 0 Å². The lowest BCUT2D eigenvalue weighted by Gasteiger charge is -2.27. The second kappa shape index (κ2) is 5.69. The van der Waals surface area contributed by atoms with Gasteiger partial charge in [-0.05, 0) is 5.41 Å². The Morgan fingerprint density at radius 2 is 1.88 bits per heavy atom. The fraction of sp³-hybridized carbons (Fsp3) is 0.800. The molecule has 94 valence electrons. The highest BCUT2D eigenvalue weighted by Gasteiger charge is 2.23. The van der Waals surface area contributed by atoms with Crippen molar-refractivity contribution in [2.45, 2.75) is 26.8 Å². The van der Waals surface area contributed by atoms with Crippen LogP contribution >= 0.6 is 0 Å². The zero-order valence-corrected chi connectivity index (χ0v) is 10.1. The van der Waals surface area contributed by atoms with Gasteiger partial charge in [-0.2, -0.15) is 0 Å². The molecule has 0 saturated heterocycles. The molecule has 0 aliphatic heterocycles. The highest BCUT2D eigenvalue weighted by Crippen LogP contribution is 2.13. The Morgan fingerprint density at radius 1 is 1.38 bits per heavy atom. The average molecular weight is 232 g/mol. The maximum atomic E-state index is 11.5. The molecule has 0 aromatic carbocycles. The van der Waals surface area contributed by atoms with Crippen molar-refractivity contribution >= 4 is 12.0 Å². The van der Waals surface area contributed by atoms with Crippen LogP contribution in [-0.4, -0.2) is 53.4 Å². The summed E-state index contributed by atoms with van der Waals surface area (Å²) in [5.41, 5.74) is -0.0655. The Hall–Kier alpha value is -1.30. The molecule has 2 amide bonds.